The van der Waals surface area contributed by atoms with Crippen molar-refractivity contribution in [1.82, 2.24) is 9.88 Å². The number of thiazole rings is 1. The summed E-state index contributed by atoms with van der Waals surface area (Å²) in [5.41, 5.74) is 2.69. The Morgan fingerprint density at radius 3 is 2.48 bits per heavy atom. The average Bonchev–Trinajstić information content (AvgIpc) is 3.00. The first-order chi connectivity index (χ1) is 12.0. The monoisotopic (exact) mass is 373 g/mol. The zero-order valence-electron chi connectivity index (χ0n) is 14.5. The summed E-state index contributed by atoms with van der Waals surface area (Å²) >= 11 is 7.49. The van der Waals surface area contributed by atoms with E-state index < -0.39 is 0 Å². The van der Waals surface area contributed by atoms with Gasteiger partial charge in [-0.15, -0.1) is 0 Å². The molecule has 0 aliphatic rings. The van der Waals surface area contributed by atoms with Gasteiger partial charge in [0.05, 0.1) is 10.2 Å². The van der Waals surface area contributed by atoms with E-state index in [-0.39, 0.29) is 5.91 Å². The molecule has 0 aliphatic carbocycles. The number of nitrogens with zero attached hydrogens (tertiary/aromatic N) is 3. The van der Waals surface area contributed by atoms with Gasteiger partial charge in [-0.3, -0.25) is 9.69 Å². The lowest BCUT2D eigenvalue weighted by Crippen LogP contribution is -2.36. The summed E-state index contributed by atoms with van der Waals surface area (Å²) in [6, 6.07) is 13.1. The minimum atomic E-state index is -0.0600. The normalized spacial score (nSPS) is 11.2. The van der Waals surface area contributed by atoms with Crippen LogP contribution in [0.5, 0.6) is 0 Å². The molecule has 1 aromatic heterocycles. The molecule has 130 valence electrons. The zero-order chi connectivity index (χ0) is 18.0. The van der Waals surface area contributed by atoms with E-state index >= 15 is 0 Å². The minimum Gasteiger partial charge on any atom is -0.308 e. The highest BCUT2D eigenvalue weighted by molar-refractivity contribution is 7.22. The molecule has 0 atom stereocenters. The lowest BCUT2D eigenvalue weighted by Gasteiger charge is -2.22. The molecule has 4 nitrogen and oxygen atoms in total. The second-order valence-electron chi connectivity index (χ2n) is 6.19. The summed E-state index contributed by atoms with van der Waals surface area (Å²) in [5.74, 6) is -0.0600. The highest BCUT2D eigenvalue weighted by atomic mass is 35.5. The first-order valence-corrected chi connectivity index (χ1v) is 9.23. The van der Waals surface area contributed by atoms with E-state index in [1.165, 1.54) is 0 Å². The number of hydrogen-bond acceptors (Lipinski definition) is 4. The van der Waals surface area contributed by atoms with E-state index in [1.807, 2.05) is 39.2 Å². The fraction of sp³-hybridized carbons (Fsp3) is 0.263. The Morgan fingerprint density at radius 2 is 1.84 bits per heavy atom. The Bertz CT molecular complexity index is 889. The molecule has 1 heterocycles. The number of aromatic nitrogens is 1. The summed E-state index contributed by atoms with van der Waals surface area (Å²) in [5, 5.41) is 1.35. The Labute approximate surface area is 156 Å². The molecule has 3 aromatic rings. The van der Waals surface area contributed by atoms with Gasteiger partial charge in [-0.2, -0.15) is 0 Å². The molecule has 3 rings (SSSR count). The number of likely N-dealkylation sites (N-methyl/N-ethyl adjacent to an activating group) is 1. The van der Waals surface area contributed by atoms with Gasteiger partial charge in [-0.25, -0.2) is 4.98 Å². The van der Waals surface area contributed by atoms with Gasteiger partial charge in [-0.05, 0) is 56.9 Å². The van der Waals surface area contributed by atoms with Gasteiger partial charge < -0.3 is 4.90 Å². The van der Waals surface area contributed by atoms with Crippen molar-refractivity contribution in [1.29, 1.82) is 0 Å². The largest absolute Gasteiger partial charge is 0.308 e. The maximum absolute atomic E-state index is 13.1. The van der Waals surface area contributed by atoms with E-state index in [4.69, 9.17) is 16.6 Å². The number of aryl methyl sites for hydroxylation is 1. The number of fused-ring (bicyclic) bond motifs is 1. The number of halogens is 1. The fourth-order valence-electron chi connectivity index (χ4n) is 2.52. The van der Waals surface area contributed by atoms with Crippen molar-refractivity contribution in [2.24, 2.45) is 0 Å². The summed E-state index contributed by atoms with van der Waals surface area (Å²) < 4.78 is 1.09. The molecule has 0 saturated carbocycles. The molecule has 0 saturated heterocycles. The van der Waals surface area contributed by atoms with Crippen molar-refractivity contribution in [3.05, 3.63) is 58.6 Å². The third-order valence-electron chi connectivity index (χ3n) is 3.95. The van der Waals surface area contributed by atoms with Gasteiger partial charge in [0.2, 0.25) is 0 Å². The van der Waals surface area contributed by atoms with Crippen molar-refractivity contribution in [3.8, 4) is 0 Å². The summed E-state index contributed by atoms with van der Waals surface area (Å²) in [6.45, 7) is 3.37. The van der Waals surface area contributed by atoms with Crippen molar-refractivity contribution in [2.45, 2.75) is 6.92 Å². The number of rotatable bonds is 5. The Balaban J connectivity index is 1.99. The van der Waals surface area contributed by atoms with Crippen LogP contribution >= 0.6 is 22.9 Å². The van der Waals surface area contributed by atoms with Gasteiger partial charge in [0.1, 0.15) is 0 Å². The Morgan fingerprint density at radius 1 is 1.12 bits per heavy atom. The average molecular weight is 374 g/mol. The number of para-hydroxylation sites is 1. The highest BCUT2D eigenvalue weighted by Crippen LogP contribution is 2.31. The molecule has 0 aliphatic heterocycles. The molecule has 6 heteroatoms. The predicted molar refractivity (Wildman–Crippen MR) is 106 cm³/mol. The van der Waals surface area contributed by atoms with E-state index in [1.54, 1.807) is 40.5 Å². The maximum Gasteiger partial charge on any atom is 0.260 e. The topological polar surface area (TPSA) is 36.4 Å². The summed E-state index contributed by atoms with van der Waals surface area (Å²) in [4.78, 5) is 21.6. The summed E-state index contributed by atoms with van der Waals surface area (Å²) in [6.07, 6.45) is 0. The maximum atomic E-state index is 13.1. The number of benzene rings is 2. The van der Waals surface area contributed by atoms with Crippen LogP contribution in [-0.4, -0.2) is 43.0 Å². The fourth-order valence-corrected chi connectivity index (χ4v) is 3.72. The number of anilines is 1. The third kappa shape index (κ3) is 4.00. The molecule has 0 bridgehead atoms. The van der Waals surface area contributed by atoms with Crippen LogP contribution in [-0.2, 0) is 0 Å². The van der Waals surface area contributed by atoms with Crippen LogP contribution in [0.25, 0.3) is 10.2 Å². The minimum absolute atomic E-state index is 0.0600. The molecule has 0 fully saturated rings. The van der Waals surface area contributed by atoms with Crippen molar-refractivity contribution in [2.75, 3.05) is 32.1 Å². The van der Waals surface area contributed by atoms with E-state index in [0.717, 1.165) is 27.5 Å². The molecule has 2 aromatic carbocycles. The Kier molecular flexibility index (Phi) is 5.37. The third-order valence-corrected chi connectivity index (χ3v) is 5.24. The van der Waals surface area contributed by atoms with Crippen molar-refractivity contribution in [3.63, 3.8) is 0 Å². The van der Waals surface area contributed by atoms with Crippen molar-refractivity contribution < 1.29 is 4.79 Å². The van der Waals surface area contributed by atoms with Gasteiger partial charge in [0.15, 0.2) is 5.13 Å². The quantitative estimate of drug-likeness (QED) is 0.662. The van der Waals surface area contributed by atoms with Crippen LogP contribution in [0.1, 0.15) is 15.9 Å². The molecule has 25 heavy (non-hydrogen) atoms. The van der Waals surface area contributed by atoms with Crippen LogP contribution < -0.4 is 4.90 Å². The lowest BCUT2D eigenvalue weighted by atomic mass is 10.2. The molecule has 0 radical (unpaired) electrons. The number of carbonyl (C=O) groups is 1. The molecule has 0 unspecified atom stereocenters. The van der Waals surface area contributed by atoms with Gasteiger partial charge in [-0.1, -0.05) is 35.1 Å². The SMILES string of the molecule is Cc1cccc2sc(N(CCN(C)C)C(=O)c3ccc(Cl)cc3)nc12. The van der Waals surface area contributed by atoms with E-state index in [0.29, 0.717) is 17.1 Å². The summed E-state index contributed by atoms with van der Waals surface area (Å²) in [7, 11) is 3.99. The number of carbonyl (C=O) groups excluding carboxylic acids is 1. The van der Waals surface area contributed by atoms with E-state index in [2.05, 4.69) is 4.90 Å². The second kappa shape index (κ2) is 7.52. The molecular formula is C19H20ClN3OS. The number of hydrogen-bond donors (Lipinski definition) is 0. The molecular weight excluding hydrogens is 354 g/mol. The Hall–Kier alpha value is -1.95. The first kappa shape index (κ1) is 17.9. The number of amides is 1. The molecule has 0 spiro atoms. The molecule has 0 N–H and O–H groups in total. The zero-order valence-corrected chi connectivity index (χ0v) is 16.1. The van der Waals surface area contributed by atoms with Gasteiger partial charge in [0.25, 0.3) is 5.91 Å². The van der Waals surface area contributed by atoms with E-state index in [9.17, 15) is 4.79 Å². The van der Waals surface area contributed by atoms with Crippen LogP contribution in [0.4, 0.5) is 5.13 Å². The van der Waals surface area contributed by atoms with Gasteiger partial charge in [0, 0.05) is 23.7 Å². The van der Waals surface area contributed by atoms with Crippen LogP contribution in [0, 0.1) is 6.92 Å². The second-order valence-corrected chi connectivity index (χ2v) is 7.63. The standard InChI is InChI=1S/C19H20ClN3OS/c1-13-5-4-6-16-17(13)21-19(25-16)23(12-11-22(2)3)18(24)14-7-9-15(20)10-8-14/h4-10H,11-12H2,1-3H3. The molecule has 1 amide bonds. The van der Waals surface area contributed by atoms with Crippen LogP contribution in [0.2, 0.25) is 5.02 Å². The smallest absolute Gasteiger partial charge is 0.260 e. The predicted octanol–water partition coefficient (Wildman–Crippen LogP) is 4.47. The highest BCUT2D eigenvalue weighted by Gasteiger charge is 2.21. The lowest BCUT2D eigenvalue weighted by molar-refractivity contribution is 0.0985. The van der Waals surface area contributed by atoms with Gasteiger partial charge >= 0.3 is 0 Å². The van der Waals surface area contributed by atoms with Crippen LogP contribution in [0.3, 0.4) is 0 Å². The van der Waals surface area contributed by atoms with Crippen molar-refractivity contribution >= 4 is 44.2 Å². The first-order valence-electron chi connectivity index (χ1n) is 8.04. The van der Waals surface area contributed by atoms with Crippen LogP contribution in [0.15, 0.2) is 42.5 Å².